The molecule has 0 saturated heterocycles. The fourth-order valence-corrected chi connectivity index (χ4v) is 2.57. The number of carbonyl (C=O) groups is 2. The van der Waals surface area contributed by atoms with E-state index in [-0.39, 0.29) is 12.5 Å². The minimum atomic E-state index is -0.552. The van der Waals surface area contributed by atoms with Crippen LogP contribution in [0.3, 0.4) is 0 Å². The van der Waals surface area contributed by atoms with Crippen LogP contribution >= 0.6 is 0 Å². The lowest BCUT2D eigenvalue weighted by atomic mass is 10.1. The summed E-state index contributed by atoms with van der Waals surface area (Å²) in [5, 5.41) is 11.5. The lowest BCUT2D eigenvalue weighted by molar-refractivity contribution is -0.117. The van der Waals surface area contributed by atoms with Gasteiger partial charge in [0.05, 0.1) is 5.57 Å². The first-order chi connectivity index (χ1) is 12.2. The Bertz CT molecular complexity index is 812. The molecule has 0 bridgehead atoms. The zero-order chi connectivity index (χ0) is 17.6. The molecule has 0 saturated carbocycles. The van der Waals surface area contributed by atoms with Crippen molar-refractivity contribution in [2.45, 2.75) is 6.42 Å². The van der Waals surface area contributed by atoms with Gasteiger partial charge < -0.3 is 10.1 Å². The van der Waals surface area contributed by atoms with E-state index in [2.05, 4.69) is 5.32 Å². The summed E-state index contributed by atoms with van der Waals surface area (Å²) in [5.74, 6) is 0.0845. The number of fused-ring (bicyclic) bond motifs is 1. The molecule has 0 radical (unpaired) electrons. The smallest absolute Gasteiger partial charge is 0.274 e. The van der Waals surface area contributed by atoms with Crippen LogP contribution in [0.1, 0.15) is 21.5 Å². The third-order valence-corrected chi connectivity index (χ3v) is 3.94. The largest absolute Gasteiger partial charge is 0.488 e. The number of ether oxygens (including phenoxy) is 1. The monoisotopic (exact) mass is 338 g/mol. The van der Waals surface area contributed by atoms with E-state index in [0.29, 0.717) is 24.1 Å². The number of hydroxylamine groups is 1. The molecular formula is C19H18N2O4. The second kappa shape index (κ2) is 7.63. The second-order valence-electron chi connectivity index (χ2n) is 5.64. The van der Waals surface area contributed by atoms with Crippen LogP contribution in [-0.2, 0) is 11.2 Å². The van der Waals surface area contributed by atoms with Crippen LogP contribution < -0.4 is 15.5 Å². The number of amides is 2. The maximum Gasteiger partial charge on any atom is 0.274 e. The van der Waals surface area contributed by atoms with Gasteiger partial charge in [-0.05, 0) is 36.3 Å². The summed E-state index contributed by atoms with van der Waals surface area (Å²) < 4.78 is 5.58. The van der Waals surface area contributed by atoms with Crippen LogP contribution in [0.4, 0.5) is 0 Å². The molecule has 0 unspecified atom stereocenters. The Kier molecular flexibility index (Phi) is 5.11. The highest BCUT2D eigenvalue weighted by molar-refractivity contribution is 5.99. The maximum atomic E-state index is 12.2. The van der Waals surface area contributed by atoms with E-state index in [1.54, 1.807) is 29.7 Å². The Labute approximate surface area is 145 Å². The van der Waals surface area contributed by atoms with Gasteiger partial charge >= 0.3 is 0 Å². The molecule has 6 heteroatoms. The number of rotatable bonds is 5. The molecule has 0 aromatic heterocycles. The third kappa shape index (κ3) is 4.05. The number of nitrogens with one attached hydrogen (secondary N) is 2. The Balaban J connectivity index is 1.53. The average molecular weight is 338 g/mol. The SMILES string of the molecule is O=C(NCCc1ccc(C(=O)NO)cc1)C1=Cc2ccccc2OC1. The molecule has 6 nitrogen and oxygen atoms in total. The van der Waals surface area contributed by atoms with Crippen LogP contribution in [0, 0.1) is 0 Å². The zero-order valence-corrected chi connectivity index (χ0v) is 13.5. The summed E-state index contributed by atoms with van der Waals surface area (Å²) in [4.78, 5) is 23.5. The third-order valence-electron chi connectivity index (χ3n) is 3.94. The summed E-state index contributed by atoms with van der Waals surface area (Å²) in [6.45, 7) is 0.733. The van der Waals surface area contributed by atoms with Gasteiger partial charge in [0, 0.05) is 17.7 Å². The predicted molar refractivity (Wildman–Crippen MR) is 92.3 cm³/mol. The van der Waals surface area contributed by atoms with Crippen molar-refractivity contribution < 1.29 is 19.5 Å². The van der Waals surface area contributed by atoms with Gasteiger partial charge in [-0.3, -0.25) is 14.8 Å². The van der Waals surface area contributed by atoms with Gasteiger partial charge in [-0.1, -0.05) is 30.3 Å². The summed E-state index contributed by atoms with van der Waals surface area (Å²) >= 11 is 0. The molecule has 1 aliphatic rings. The molecule has 2 amide bonds. The van der Waals surface area contributed by atoms with Crippen LogP contribution in [0.15, 0.2) is 54.1 Å². The van der Waals surface area contributed by atoms with E-state index >= 15 is 0 Å². The number of carbonyl (C=O) groups excluding carboxylic acids is 2. The molecule has 0 spiro atoms. The highest BCUT2D eigenvalue weighted by Gasteiger charge is 2.16. The summed E-state index contributed by atoms with van der Waals surface area (Å²) in [5.41, 5.74) is 4.43. The van der Waals surface area contributed by atoms with Crippen molar-refractivity contribution in [3.05, 3.63) is 70.8 Å². The van der Waals surface area contributed by atoms with Crippen LogP contribution in [0.2, 0.25) is 0 Å². The summed E-state index contributed by atoms with van der Waals surface area (Å²) in [6.07, 6.45) is 2.48. The van der Waals surface area contributed by atoms with E-state index in [1.807, 2.05) is 30.3 Å². The molecule has 25 heavy (non-hydrogen) atoms. The van der Waals surface area contributed by atoms with Crippen molar-refractivity contribution in [3.8, 4) is 5.75 Å². The number of benzene rings is 2. The van der Waals surface area contributed by atoms with Gasteiger partial charge in [-0.25, -0.2) is 5.48 Å². The highest BCUT2D eigenvalue weighted by Crippen LogP contribution is 2.25. The van der Waals surface area contributed by atoms with Gasteiger partial charge in [0.15, 0.2) is 0 Å². The van der Waals surface area contributed by atoms with Crippen molar-refractivity contribution >= 4 is 17.9 Å². The van der Waals surface area contributed by atoms with Crippen LogP contribution in [-0.4, -0.2) is 30.2 Å². The summed E-state index contributed by atoms with van der Waals surface area (Å²) in [7, 11) is 0. The standard InChI is InChI=1S/C19H18N2O4/c22-18(16-11-15-3-1-2-4-17(15)25-12-16)20-10-9-13-5-7-14(8-6-13)19(23)21-24/h1-8,11,24H,9-10,12H2,(H,20,22)(H,21,23). The Morgan fingerprint density at radius 3 is 2.56 bits per heavy atom. The maximum absolute atomic E-state index is 12.2. The lowest BCUT2D eigenvalue weighted by Gasteiger charge is -2.17. The minimum absolute atomic E-state index is 0.147. The fourth-order valence-electron chi connectivity index (χ4n) is 2.57. The molecule has 0 atom stereocenters. The quantitative estimate of drug-likeness (QED) is 0.574. The van der Waals surface area contributed by atoms with Crippen molar-refractivity contribution in [1.82, 2.24) is 10.8 Å². The first-order valence-electron chi connectivity index (χ1n) is 7.91. The van der Waals surface area contributed by atoms with Gasteiger partial charge in [0.25, 0.3) is 11.8 Å². The molecule has 0 aliphatic carbocycles. The molecule has 2 aromatic rings. The summed E-state index contributed by atoms with van der Waals surface area (Å²) in [6, 6.07) is 14.4. The van der Waals surface area contributed by atoms with Gasteiger partial charge in [0.2, 0.25) is 0 Å². The average Bonchev–Trinajstić information content (AvgIpc) is 2.67. The molecule has 1 aliphatic heterocycles. The molecule has 128 valence electrons. The highest BCUT2D eigenvalue weighted by atomic mass is 16.5. The predicted octanol–water partition coefficient (Wildman–Crippen LogP) is 1.94. The first-order valence-corrected chi connectivity index (χ1v) is 7.91. The normalized spacial score (nSPS) is 12.4. The van der Waals surface area contributed by atoms with E-state index in [1.165, 1.54) is 0 Å². The minimum Gasteiger partial charge on any atom is -0.488 e. The Morgan fingerprint density at radius 2 is 1.80 bits per heavy atom. The van der Waals surface area contributed by atoms with Crippen molar-refractivity contribution in [3.63, 3.8) is 0 Å². The molecular weight excluding hydrogens is 320 g/mol. The Hall–Kier alpha value is -3.12. The number of hydrogen-bond donors (Lipinski definition) is 3. The molecule has 3 rings (SSSR count). The van der Waals surface area contributed by atoms with Crippen molar-refractivity contribution in [1.29, 1.82) is 0 Å². The van der Waals surface area contributed by atoms with Crippen LogP contribution in [0.25, 0.3) is 6.08 Å². The molecule has 0 fully saturated rings. The van der Waals surface area contributed by atoms with Crippen molar-refractivity contribution in [2.75, 3.05) is 13.2 Å². The molecule has 1 heterocycles. The molecule has 3 N–H and O–H groups in total. The van der Waals surface area contributed by atoms with Gasteiger partial charge in [-0.15, -0.1) is 0 Å². The van der Waals surface area contributed by atoms with Gasteiger partial charge in [0.1, 0.15) is 12.4 Å². The zero-order valence-electron chi connectivity index (χ0n) is 13.5. The second-order valence-corrected chi connectivity index (χ2v) is 5.64. The van der Waals surface area contributed by atoms with E-state index in [9.17, 15) is 9.59 Å². The van der Waals surface area contributed by atoms with E-state index in [0.717, 1.165) is 16.9 Å². The topological polar surface area (TPSA) is 87.7 Å². The van der Waals surface area contributed by atoms with E-state index in [4.69, 9.17) is 9.94 Å². The van der Waals surface area contributed by atoms with Crippen LogP contribution in [0.5, 0.6) is 5.75 Å². The molecule has 2 aromatic carbocycles. The fraction of sp³-hybridized carbons (Fsp3) is 0.158. The lowest BCUT2D eigenvalue weighted by Crippen LogP contribution is -2.30. The Morgan fingerprint density at radius 1 is 1.04 bits per heavy atom. The van der Waals surface area contributed by atoms with Crippen molar-refractivity contribution in [2.24, 2.45) is 0 Å². The first kappa shape index (κ1) is 16.7. The van der Waals surface area contributed by atoms with Gasteiger partial charge in [-0.2, -0.15) is 0 Å². The van der Waals surface area contributed by atoms with E-state index < -0.39 is 5.91 Å². The number of hydrogen-bond acceptors (Lipinski definition) is 4. The number of para-hydroxylation sites is 1.